The molecule has 8 heteroatoms. The van der Waals surface area contributed by atoms with Crippen LogP contribution in [-0.4, -0.2) is 51.7 Å². The standard InChI is InChI=1S/C19H23N3O5/c1-2-26-15-5-3-13(4-6-15)18-20-16(27-21-18)7-8-17(23)22-11-9-14(10-12-22)19(24)25/h3-6,14H,2,7-12H2,1H3,(H,24,25). The monoisotopic (exact) mass is 373 g/mol. The van der Waals surface area contributed by atoms with Crippen molar-refractivity contribution in [1.29, 1.82) is 0 Å². The van der Waals surface area contributed by atoms with Crippen molar-refractivity contribution < 1.29 is 24.0 Å². The molecule has 3 rings (SSSR count). The molecule has 1 aromatic carbocycles. The number of ether oxygens (including phenoxy) is 1. The van der Waals surface area contributed by atoms with Crippen LogP contribution in [0.25, 0.3) is 11.4 Å². The van der Waals surface area contributed by atoms with E-state index in [1.807, 2.05) is 31.2 Å². The summed E-state index contributed by atoms with van der Waals surface area (Å²) in [6, 6.07) is 7.41. The van der Waals surface area contributed by atoms with Gasteiger partial charge in [0.05, 0.1) is 12.5 Å². The Labute approximate surface area is 157 Å². The summed E-state index contributed by atoms with van der Waals surface area (Å²) in [5, 5.41) is 13.0. The van der Waals surface area contributed by atoms with Crippen molar-refractivity contribution in [3.05, 3.63) is 30.2 Å². The maximum atomic E-state index is 12.3. The number of carboxylic acids is 1. The number of hydrogen-bond acceptors (Lipinski definition) is 6. The Balaban J connectivity index is 1.51. The van der Waals surface area contributed by atoms with Gasteiger partial charge in [0.1, 0.15) is 5.75 Å². The number of hydrogen-bond donors (Lipinski definition) is 1. The molecular weight excluding hydrogens is 350 g/mol. The molecule has 0 unspecified atom stereocenters. The molecule has 2 heterocycles. The van der Waals surface area contributed by atoms with E-state index in [4.69, 9.17) is 14.4 Å². The van der Waals surface area contributed by atoms with Gasteiger partial charge in [-0.1, -0.05) is 5.16 Å². The van der Waals surface area contributed by atoms with Crippen molar-refractivity contribution in [2.75, 3.05) is 19.7 Å². The number of carbonyl (C=O) groups excluding carboxylic acids is 1. The highest BCUT2D eigenvalue weighted by Gasteiger charge is 2.27. The molecule has 0 radical (unpaired) electrons. The van der Waals surface area contributed by atoms with Crippen LogP contribution in [0, 0.1) is 5.92 Å². The molecule has 2 aromatic rings. The average molecular weight is 373 g/mol. The second-order valence-electron chi connectivity index (χ2n) is 6.46. The first kappa shape index (κ1) is 18.9. The Hall–Kier alpha value is -2.90. The summed E-state index contributed by atoms with van der Waals surface area (Å²) in [7, 11) is 0. The minimum Gasteiger partial charge on any atom is -0.494 e. The van der Waals surface area contributed by atoms with Crippen LogP contribution in [0.3, 0.4) is 0 Å². The van der Waals surface area contributed by atoms with E-state index in [1.54, 1.807) is 4.90 Å². The fraction of sp³-hybridized carbons (Fsp3) is 0.474. The van der Waals surface area contributed by atoms with Crippen molar-refractivity contribution in [1.82, 2.24) is 15.0 Å². The molecule has 1 N–H and O–H groups in total. The van der Waals surface area contributed by atoms with E-state index in [0.29, 0.717) is 50.7 Å². The lowest BCUT2D eigenvalue weighted by Crippen LogP contribution is -2.40. The number of carboxylic acid groups (broad SMARTS) is 1. The van der Waals surface area contributed by atoms with Crippen LogP contribution >= 0.6 is 0 Å². The van der Waals surface area contributed by atoms with Crippen molar-refractivity contribution in [3.63, 3.8) is 0 Å². The quantitative estimate of drug-likeness (QED) is 0.794. The molecule has 1 amide bonds. The molecule has 1 saturated heterocycles. The maximum absolute atomic E-state index is 12.3. The Morgan fingerprint density at radius 1 is 1.26 bits per heavy atom. The number of rotatable bonds is 7. The molecule has 0 spiro atoms. The summed E-state index contributed by atoms with van der Waals surface area (Å²) in [4.78, 5) is 29.3. The number of aliphatic carboxylic acids is 1. The van der Waals surface area contributed by atoms with Gasteiger partial charge in [-0.25, -0.2) is 0 Å². The van der Waals surface area contributed by atoms with E-state index >= 15 is 0 Å². The molecule has 0 bridgehead atoms. The first-order valence-corrected chi connectivity index (χ1v) is 9.13. The average Bonchev–Trinajstić information content (AvgIpc) is 3.16. The maximum Gasteiger partial charge on any atom is 0.306 e. The topological polar surface area (TPSA) is 106 Å². The number of carbonyl (C=O) groups is 2. The highest BCUT2D eigenvalue weighted by Crippen LogP contribution is 2.21. The fourth-order valence-electron chi connectivity index (χ4n) is 3.09. The molecule has 1 aliphatic heterocycles. The van der Waals surface area contributed by atoms with Crippen molar-refractivity contribution in [2.24, 2.45) is 5.92 Å². The lowest BCUT2D eigenvalue weighted by Gasteiger charge is -2.30. The van der Waals surface area contributed by atoms with Gasteiger partial charge in [0.15, 0.2) is 0 Å². The molecule has 1 fully saturated rings. The van der Waals surface area contributed by atoms with E-state index in [2.05, 4.69) is 10.1 Å². The van der Waals surface area contributed by atoms with E-state index in [0.717, 1.165) is 11.3 Å². The molecule has 144 valence electrons. The lowest BCUT2D eigenvalue weighted by molar-refractivity contribution is -0.145. The number of amides is 1. The van der Waals surface area contributed by atoms with Gasteiger partial charge < -0.3 is 19.3 Å². The van der Waals surface area contributed by atoms with E-state index in [9.17, 15) is 9.59 Å². The Bertz CT molecular complexity index is 779. The van der Waals surface area contributed by atoms with Crippen LogP contribution in [0.2, 0.25) is 0 Å². The first-order chi connectivity index (χ1) is 13.1. The highest BCUT2D eigenvalue weighted by atomic mass is 16.5. The third-order valence-corrected chi connectivity index (χ3v) is 4.64. The van der Waals surface area contributed by atoms with Crippen LogP contribution in [0.15, 0.2) is 28.8 Å². The number of piperidine rings is 1. The minimum absolute atomic E-state index is 0.0142. The molecule has 1 aliphatic rings. The summed E-state index contributed by atoms with van der Waals surface area (Å²) < 4.78 is 10.6. The molecule has 0 atom stereocenters. The van der Waals surface area contributed by atoms with Gasteiger partial charge in [0.25, 0.3) is 0 Å². The fourth-order valence-corrected chi connectivity index (χ4v) is 3.09. The van der Waals surface area contributed by atoms with Gasteiger partial charge >= 0.3 is 5.97 Å². The number of likely N-dealkylation sites (tertiary alicyclic amines) is 1. The summed E-state index contributed by atoms with van der Waals surface area (Å²) in [6.07, 6.45) is 1.64. The first-order valence-electron chi connectivity index (χ1n) is 9.13. The summed E-state index contributed by atoms with van der Waals surface area (Å²) >= 11 is 0. The number of aromatic nitrogens is 2. The third-order valence-electron chi connectivity index (χ3n) is 4.64. The Morgan fingerprint density at radius 3 is 2.59 bits per heavy atom. The lowest BCUT2D eigenvalue weighted by atomic mass is 9.97. The predicted molar refractivity (Wildman–Crippen MR) is 96.2 cm³/mol. The molecule has 0 saturated carbocycles. The molecular formula is C19H23N3O5. The van der Waals surface area contributed by atoms with Crippen LogP contribution in [0.5, 0.6) is 5.75 Å². The van der Waals surface area contributed by atoms with Gasteiger partial charge in [-0.15, -0.1) is 0 Å². The van der Waals surface area contributed by atoms with E-state index in [-0.39, 0.29) is 18.2 Å². The van der Waals surface area contributed by atoms with E-state index < -0.39 is 5.97 Å². The predicted octanol–water partition coefficient (Wildman–Crippen LogP) is 2.39. The SMILES string of the molecule is CCOc1ccc(-c2noc(CCC(=O)N3CCC(C(=O)O)CC3)n2)cc1. The van der Waals surface area contributed by atoms with Gasteiger partial charge in [-0.3, -0.25) is 9.59 Å². The highest BCUT2D eigenvalue weighted by molar-refractivity contribution is 5.77. The molecule has 0 aliphatic carbocycles. The zero-order chi connectivity index (χ0) is 19.2. The summed E-state index contributed by atoms with van der Waals surface area (Å²) in [5.41, 5.74) is 0.815. The normalized spacial score (nSPS) is 14.9. The number of benzene rings is 1. The summed E-state index contributed by atoms with van der Waals surface area (Å²) in [5.74, 6) is 0.522. The minimum atomic E-state index is -0.783. The Morgan fingerprint density at radius 2 is 1.96 bits per heavy atom. The van der Waals surface area contributed by atoms with Crippen molar-refractivity contribution in [2.45, 2.75) is 32.6 Å². The van der Waals surface area contributed by atoms with Gasteiger partial charge in [-0.2, -0.15) is 4.98 Å². The zero-order valence-corrected chi connectivity index (χ0v) is 15.3. The smallest absolute Gasteiger partial charge is 0.306 e. The van der Waals surface area contributed by atoms with Crippen LogP contribution in [-0.2, 0) is 16.0 Å². The van der Waals surface area contributed by atoms with Gasteiger partial charge in [-0.05, 0) is 44.0 Å². The van der Waals surface area contributed by atoms with Crippen LogP contribution < -0.4 is 4.74 Å². The van der Waals surface area contributed by atoms with Crippen LogP contribution in [0.4, 0.5) is 0 Å². The molecule has 1 aromatic heterocycles. The second kappa shape index (κ2) is 8.66. The third kappa shape index (κ3) is 4.84. The second-order valence-corrected chi connectivity index (χ2v) is 6.46. The van der Waals surface area contributed by atoms with Crippen LogP contribution in [0.1, 0.15) is 32.1 Å². The van der Waals surface area contributed by atoms with Gasteiger partial charge in [0, 0.05) is 31.5 Å². The van der Waals surface area contributed by atoms with Gasteiger partial charge in [0.2, 0.25) is 17.6 Å². The molecule has 27 heavy (non-hydrogen) atoms. The van der Waals surface area contributed by atoms with Crippen molar-refractivity contribution >= 4 is 11.9 Å². The van der Waals surface area contributed by atoms with E-state index in [1.165, 1.54) is 0 Å². The number of nitrogens with zero attached hydrogens (tertiary/aromatic N) is 3. The number of aryl methyl sites for hydroxylation is 1. The Kier molecular flexibility index (Phi) is 6.05. The molecule has 8 nitrogen and oxygen atoms in total. The largest absolute Gasteiger partial charge is 0.494 e. The van der Waals surface area contributed by atoms with Crippen molar-refractivity contribution in [3.8, 4) is 17.1 Å². The zero-order valence-electron chi connectivity index (χ0n) is 15.3. The summed E-state index contributed by atoms with van der Waals surface area (Å²) in [6.45, 7) is 3.50.